The van der Waals surface area contributed by atoms with E-state index in [9.17, 15) is 0 Å². The SMILES string of the molecule is COCC1CCN(c2cnccc2CNC(C)(C)C)CC1. The molecule has 1 aromatic rings. The number of rotatable bonds is 5. The zero-order valence-electron chi connectivity index (χ0n) is 13.9. The Morgan fingerprint density at radius 1 is 1.33 bits per heavy atom. The van der Waals surface area contributed by atoms with Gasteiger partial charge in [-0.3, -0.25) is 4.98 Å². The van der Waals surface area contributed by atoms with Crippen LogP contribution in [0.25, 0.3) is 0 Å². The van der Waals surface area contributed by atoms with Crippen LogP contribution in [0.1, 0.15) is 39.2 Å². The Balaban J connectivity index is 2.00. The normalized spacial score (nSPS) is 17.2. The second kappa shape index (κ2) is 7.23. The lowest BCUT2D eigenvalue weighted by Crippen LogP contribution is -2.38. The van der Waals surface area contributed by atoms with Gasteiger partial charge in [-0.1, -0.05) is 0 Å². The summed E-state index contributed by atoms with van der Waals surface area (Å²) in [5.41, 5.74) is 2.75. The molecule has 0 unspecified atom stereocenters. The first-order chi connectivity index (χ1) is 9.99. The van der Waals surface area contributed by atoms with Crippen molar-refractivity contribution in [1.29, 1.82) is 0 Å². The third kappa shape index (κ3) is 4.97. The van der Waals surface area contributed by atoms with Crippen molar-refractivity contribution >= 4 is 5.69 Å². The van der Waals surface area contributed by atoms with Crippen molar-refractivity contribution in [3.8, 4) is 0 Å². The average Bonchev–Trinajstić information content (AvgIpc) is 2.46. The zero-order chi connectivity index (χ0) is 15.3. The van der Waals surface area contributed by atoms with E-state index in [1.807, 2.05) is 12.4 Å². The summed E-state index contributed by atoms with van der Waals surface area (Å²) in [4.78, 5) is 6.80. The van der Waals surface area contributed by atoms with Gasteiger partial charge in [-0.15, -0.1) is 0 Å². The highest BCUT2D eigenvalue weighted by molar-refractivity contribution is 5.52. The van der Waals surface area contributed by atoms with E-state index in [1.165, 1.54) is 24.1 Å². The van der Waals surface area contributed by atoms with Gasteiger partial charge in [0.15, 0.2) is 0 Å². The monoisotopic (exact) mass is 291 g/mol. The van der Waals surface area contributed by atoms with Crippen LogP contribution in [0.4, 0.5) is 5.69 Å². The summed E-state index contributed by atoms with van der Waals surface area (Å²) < 4.78 is 5.28. The van der Waals surface area contributed by atoms with Gasteiger partial charge >= 0.3 is 0 Å². The highest BCUT2D eigenvalue weighted by Crippen LogP contribution is 2.26. The molecular formula is C17H29N3O. The molecule has 2 heterocycles. The molecule has 1 aromatic heterocycles. The van der Waals surface area contributed by atoms with Gasteiger partial charge in [-0.2, -0.15) is 0 Å². The second-order valence-corrected chi connectivity index (χ2v) is 6.99. The summed E-state index contributed by atoms with van der Waals surface area (Å²) in [7, 11) is 1.80. The number of hydrogen-bond acceptors (Lipinski definition) is 4. The summed E-state index contributed by atoms with van der Waals surface area (Å²) in [6.07, 6.45) is 6.31. The van der Waals surface area contributed by atoms with E-state index in [0.29, 0.717) is 5.92 Å². The molecule has 0 amide bonds. The van der Waals surface area contributed by atoms with Crippen LogP contribution in [0, 0.1) is 5.92 Å². The quantitative estimate of drug-likeness (QED) is 0.905. The lowest BCUT2D eigenvalue weighted by Gasteiger charge is -2.34. The molecule has 0 atom stereocenters. The fraction of sp³-hybridized carbons (Fsp3) is 0.706. The molecule has 1 saturated heterocycles. The van der Waals surface area contributed by atoms with Crippen LogP contribution in [0.15, 0.2) is 18.5 Å². The van der Waals surface area contributed by atoms with Crippen molar-refractivity contribution in [2.24, 2.45) is 5.92 Å². The minimum Gasteiger partial charge on any atom is -0.384 e. The van der Waals surface area contributed by atoms with E-state index in [4.69, 9.17) is 4.74 Å². The smallest absolute Gasteiger partial charge is 0.0598 e. The highest BCUT2D eigenvalue weighted by Gasteiger charge is 2.21. The Bertz CT molecular complexity index is 434. The first kappa shape index (κ1) is 16.2. The van der Waals surface area contributed by atoms with Gasteiger partial charge in [-0.05, 0) is 51.2 Å². The standard InChI is InChI=1S/C17H29N3O/c1-17(2,3)19-11-15-5-8-18-12-16(15)20-9-6-14(7-10-20)13-21-4/h5,8,12,14,19H,6-7,9-11,13H2,1-4H3. The number of hydrogen-bond donors (Lipinski definition) is 1. The maximum atomic E-state index is 5.28. The first-order valence-electron chi connectivity index (χ1n) is 7.91. The van der Waals surface area contributed by atoms with Gasteiger partial charge in [0.25, 0.3) is 0 Å². The molecule has 1 fully saturated rings. The molecule has 1 aliphatic heterocycles. The molecule has 21 heavy (non-hydrogen) atoms. The number of anilines is 1. The van der Waals surface area contributed by atoms with E-state index in [-0.39, 0.29) is 5.54 Å². The molecule has 0 aliphatic carbocycles. The van der Waals surface area contributed by atoms with Crippen LogP contribution in [0.5, 0.6) is 0 Å². The van der Waals surface area contributed by atoms with Crippen LogP contribution < -0.4 is 10.2 Å². The van der Waals surface area contributed by atoms with Crippen molar-refractivity contribution < 1.29 is 4.74 Å². The fourth-order valence-corrected chi connectivity index (χ4v) is 2.79. The van der Waals surface area contributed by atoms with Gasteiger partial charge in [0.2, 0.25) is 0 Å². The Hall–Kier alpha value is -1.13. The maximum Gasteiger partial charge on any atom is 0.0598 e. The van der Waals surface area contributed by atoms with Crippen molar-refractivity contribution in [2.45, 2.75) is 45.7 Å². The molecule has 1 aliphatic rings. The fourth-order valence-electron chi connectivity index (χ4n) is 2.79. The van der Waals surface area contributed by atoms with Crippen molar-refractivity contribution in [3.63, 3.8) is 0 Å². The Morgan fingerprint density at radius 2 is 2.05 bits per heavy atom. The van der Waals surface area contributed by atoms with Crippen LogP contribution in [0.2, 0.25) is 0 Å². The molecule has 118 valence electrons. The Labute approximate surface area is 128 Å². The third-order valence-electron chi connectivity index (χ3n) is 4.05. The first-order valence-corrected chi connectivity index (χ1v) is 7.91. The second-order valence-electron chi connectivity index (χ2n) is 6.99. The number of nitrogens with zero attached hydrogens (tertiary/aromatic N) is 2. The molecule has 0 bridgehead atoms. The zero-order valence-corrected chi connectivity index (χ0v) is 13.9. The predicted octanol–water partition coefficient (Wildman–Crippen LogP) is 2.83. The number of nitrogens with one attached hydrogen (secondary N) is 1. The van der Waals surface area contributed by atoms with Gasteiger partial charge in [-0.25, -0.2) is 0 Å². The summed E-state index contributed by atoms with van der Waals surface area (Å²) in [6.45, 7) is 10.6. The van der Waals surface area contributed by atoms with Crippen molar-refractivity contribution in [1.82, 2.24) is 10.3 Å². The van der Waals surface area contributed by atoms with Crippen LogP contribution in [0.3, 0.4) is 0 Å². The molecule has 4 nitrogen and oxygen atoms in total. The summed E-state index contributed by atoms with van der Waals surface area (Å²) in [5.74, 6) is 0.707. The van der Waals surface area contributed by atoms with Gasteiger partial charge in [0.05, 0.1) is 11.9 Å². The minimum atomic E-state index is 0.131. The van der Waals surface area contributed by atoms with Crippen molar-refractivity contribution in [2.75, 3.05) is 31.7 Å². The number of ether oxygens (including phenoxy) is 1. The minimum absolute atomic E-state index is 0.131. The number of methoxy groups -OCH3 is 1. The summed E-state index contributed by atoms with van der Waals surface area (Å²) in [5, 5.41) is 3.57. The topological polar surface area (TPSA) is 37.4 Å². The molecule has 0 spiro atoms. The van der Waals surface area contributed by atoms with E-state index in [0.717, 1.165) is 26.2 Å². The lowest BCUT2D eigenvalue weighted by molar-refractivity contribution is 0.139. The lowest BCUT2D eigenvalue weighted by atomic mass is 9.97. The van der Waals surface area contributed by atoms with E-state index in [2.05, 4.69) is 42.0 Å². The summed E-state index contributed by atoms with van der Waals surface area (Å²) in [6, 6.07) is 2.13. The van der Waals surface area contributed by atoms with Gasteiger partial charge < -0.3 is 15.0 Å². The average molecular weight is 291 g/mol. The molecule has 1 N–H and O–H groups in total. The van der Waals surface area contributed by atoms with Gasteiger partial charge in [0.1, 0.15) is 0 Å². The predicted molar refractivity (Wildman–Crippen MR) is 87.6 cm³/mol. The van der Waals surface area contributed by atoms with Crippen LogP contribution >= 0.6 is 0 Å². The van der Waals surface area contributed by atoms with Crippen molar-refractivity contribution in [3.05, 3.63) is 24.0 Å². The van der Waals surface area contributed by atoms with Crippen LogP contribution in [-0.2, 0) is 11.3 Å². The number of pyridine rings is 1. The highest BCUT2D eigenvalue weighted by atomic mass is 16.5. The molecule has 0 aromatic carbocycles. The van der Waals surface area contributed by atoms with Crippen LogP contribution in [-0.4, -0.2) is 37.3 Å². The maximum absolute atomic E-state index is 5.28. The molecule has 0 radical (unpaired) electrons. The number of piperidine rings is 1. The number of aromatic nitrogens is 1. The summed E-state index contributed by atoms with van der Waals surface area (Å²) >= 11 is 0. The van der Waals surface area contributed by atoms with E-state index in [1.54, 1.807) is 7.11 Å². The largest absolute Gasteiger partial charge is 0.384 e. The molecular weight excluding hydrogens is 262 g/mol. The van der Waals surface area contributed by atoms with Gasteiger partial charge in [0, 0.05) is 45.1 Å². The molecule has 4 heteroatoms. The third-order valence-corrected chi connectivity index (χ3v) is 4.05. The molecule has 2 rings (SSSR count). The molecule has 0 saturated carbocycles. The van der Waals surface area contributed by atoms with E-state index < -0.39 is 0 Å². The Morgan fingerprint density at radius 3 is 2.67 bits per heavy atom. The van der Waals surface area contributed by atoms with E-state index >= 15 is 0 Å². The Kier molecular flexibility index (Phi) is 5.59.